The Hall–Kier alpha value is -2.82. The summed E-state index contributed by atoms with van der Waals surface area (Å²) in [5, 5.41) is 5.72. The van der Waals surface area contributed by atoms with Crippen molar-refractivity contribution in [2.75, 3.05) is 0 Å². The molecule has 3 amide bonds. The number of nitrogens with two attached hydrogens (primary N) is 1. The maximum Gasteiger partial charge on any atom is 0.312 e. The fourth-order valence-corrected chi connectivity index (χ4v) is 2.82. The van der Waals surface area contributed by atoms with Crippen LogP contribution < -0.4 is 16.4 Å². The minimum atomic E-state index is -0.648. The Bertz CT molecular complexity index is 687. The molecule has 5 nitrogen and oxygen atoms in total. The van der Waals surface area contributed by atoms with Crippen LogP contribution in [-0.4, -0.2) is 11.9 Å². The van der Waals surface area contributed by atoms with Crippen LogP contribution in [0.2, 0.25) is 0 Å². The van der Waals surface area contributed by atoms with Gasteiger partial charge in [-0.25, -0.2) is 4.79 Å². The molecule has 2 aromatic carbocycles. The van der Waals surface area contributed by atoms with Crippen LogP contribution in [0.25, 0.3) is 0 Å². The van der Waals surface area contributed by atoms with Gasteiger partial charge in [-0.3, -0.25) is 4.79 Å². The van der Waals surface area contributed by atoms with E-state index < -0.39 is 12.1 Å². The summed E-state index contributed by atoms with van der Waals surface area (Å²) in [5.74, 6) is 0.107. The topological polar surface area (TPSA) is 84.2 Å². The van der Waals surface area contributed by atoms with Crippen molar-refractivity contribution >= 4 is 11.9 Å². The van der Waals surface area contributed by atoms with Gasteiger partial charge >= 0.3 is 6.03 Å². The van der Waals surface area contributed by atoms with E-state index in [-0.39, 0.29) is 24.3 Å². The smallest absolute Gasteiger partial charge is 0.312 e. The summed E-state index contributed by atoms with van der Waals surface area (Å²) in [7, 11) is 0. The highest BCUT2D eigenvalue weighted by Gasteiger charge is 2.22. The third-order valence-corrected chi connectivity index (χ3v) is 4.05. The molecule has 0 aliphatic rings. The van der Waals surface area contributed by atoms with E-state index in [1.165, 1.54) is 0 Å². The average Bonchev–Trinajstić information content (AvgIpc) is 2.60. The lowest BCUT2D eigenvalue weighted by Crippen LogP contribution is -2.38. The molecule has 2 rings (SSSR count). The number of rotatable bonds is 7. The van der Waals surface area contributed by atoms with Crippen molar-refractivity contribution in [3.63, 3.8) is 0 Å². The molecule has 0 aliphatic carbocycles. The number of carbonyl (C=O) groups is 2. The minimum Gasteiger partial charge on any atom is -0.352 e. The Labute approximate surface area is 148 Å². The van der Waals surface area contributed by atoms with Gasteiger partial charge in [-0.15, -0.1) is 0 Å². The predicted octanol–water partition coefficient (Wildman–Crippen LogP) is 3.30. The third kappa shape index (κ3) is 5.64. The summed E-state index contributed by atoms with van der Waals surface area (Å²) < 4.78 is 0. The van der Waals surface area contributed by atoms with Crippen LogP contribution in [0.4, 0.5) is 4.79 Å². The van der Waals surface area contributed by atoms with E-state index in [1.54, 1.807) is 0 Å². The Morgan fingerprint density at radius 3 is 1.88 bits per heavy atom. The summed E-state index contributed by atoms with van der Waals surface area (Å²) in [6, 6.07) is 18.0. The first-order valence-electron chi connectivity index (χ1n) is 8.42. The van der Waals surface area contributed by atoms with Gasteiger partial charge in [0.2, 0.25) is 5.91 Å². The molecule has 2 aromatic rings. The molecule has 0 radical (unpaired) electrons. The Balaban J connectivity index is 2.10. The second-order valence-corrected chi connectivity index (χ2v) is 6.38. The lowest BCUT2D eigenvalue weighted by atomic mass is 9.95. The second kappa shape index (κ2) is 8.87. The number of benzene rings is 2. The van der Waals surface area contributed by atoms with Gasteiger partial charge < -0.3 is 16.4 Å². The first-order chi connectivity index (χ1) is 12.0. The van der Waals surface area contributed by atoms with Crippen molar-refractivity contribution < 1.29 is 9.59 Å². The van der Waals surface area contributed by atoms with E-state index >= 15 is 0 Å². The van der Waals surface area contributed by atoms with Crippen molar-refractivity contribution in [3.8, 4) is 0 Å². The van der Waals surface area contributed by atoms with Crippen molar-refractivity contribution in [2.24, 2.45) is 11.7 Å². The molecule has 2 atom stereocenters. The van der Waals surface area contributed by atoms with Crippen molar-refractivity contribution in [3.05, 3.63) is 71.8 Å². The number of hydrogen-bond acceptors (Lipinski definition) is 2. The molecule has 4 N–H and O–H groups in total. The molecule has 0 bridgehead atoms. The van der Waals surface area contributed by atoms with Gasteiger partial charge in [-0.05, 0) is 17.0 Å². The lowest BCUT2D eigenvalue weighted by molar-refractivity contribution is -0.122. The normalized spacial score (nSPS) is 13.1. The zero-order valence-electron chi connectivity index (χ0n) is 14.6. The van der Waals surface area contributed by atoms with E-state index in [2.05, 4.69) is 24.5 Å². The SMILES string of the molecule is CC(C)[C@@H](NC(=O)C[C@@H](NC(N)=O)c1ccccc1)c1ccccc1. The van der Waals surface area contributed by atoms with Gasteiger partial charge in [-0.2, -0.15) is 0 Å². The Kier molecular flexibility index (Phi) is 6.57. The van der Waals surface area contributed by atoms with E-state index in [1.807, 2.05) is 60.7 Å². The molecule has 0 saturated carbocycles. The first kappa shape index (κ1) is 18.5. The molecule has 0 saturated heterocycles. The fourth-order valence-electron chi connectivity index (χ4n) is 2.82. The van der Waals surface area contributed by atoms with Crippen LogP contribution in [0.3, 0.4) is 0 Å². The monoisotopic (exact) mass is 339 g/mol. The Morgan fingerprint density at radius 1 is 0.880 bits per heavy atom. The number of hydrogen-bond donors (Lipinski definition) is 3. The second-order valence-electron chi connectivity index (χ2n) is 6.38. The van der Waals surface area contributed by atoms with Crippen LogP contribution in [-0.2, 0) is 4.79 Å². The van der Waals surface area contributed by atoms with E-state index in [4.69, 9.17) is 5.73 Å². The number of nitrogens with one attached hydrogen (secondary N) is 2. The third-order valence-electron chi connectivity index (χ3n) is 4.05. The molecule has 0 aliphatic heterocycles. The first-order valence-corrected chi connectivity index (χ1v) is 8.42. The summed E-state index contributed by atoms with van der Waals surface area (Å²) >= 11 is 0. The summed E-state index contributed by atoms with van der Waals surface area (Å²) in [6.07, 6.45) is 0.128. The van der Waals surface area contributed by atoms with Crippen LogP contribution in [0.1, 0.15) is 43.5 Å². The Morgan fingerprint density at radius 2 is 1.40 bits per heavy atom. The fraction of sp³-hybridized carbons (Fsp3) is 0.300. The van der Waals surface area contributed by atoms with Gasteiger partial charge in [0.1, 0.15) is 0 Å². The van der Waals surface area contributed by atoms with Crippen molar-refractivity contribution in [2.45, 2.75) is 32.4 Å². The molecule has 132 valence electrons. The predicted molar refractivity (Wildman–Crippen MR) is 98.7 cm³/mol. The van der Waals surface area contributed by atoms with Gasteiger partial charge in [0.05, 0.1) is 18.5 Å². The quantitative estimate of drug-likeness (QED) is 0.723. The molecule has 0 heterocycles. The van der Waals surface area contributed by atoms with E-state index in [9.17, 15) is 9.59 Å². The number of carbonyl (C=O) groups excluding carboxylic acids is 2. The average molecular weight is 339 g/mol. The van der Waals surface area contributed by atoms with E-state index in [0.29, 0.717) is 0 Å². The molecule has 25 heavy (non-hydrogen) atoms. The number of primary amides is 1. The highest BCUT2D eigenvalue weighted by molar-refractivity contribution is 5.79. The van der Waals surface area contributed by atoms with Crippen LogP contribution >= 0.6 is 0 Å². The van der Waals surface area contributed by atoms with E-state index in [0.717, 1.165) is 11.1 Å². The maximum atomic E-state index is 12.6. The van der Waals surface area contributed by atoms with Crippen LogP contribution in [0.5, 0.6) is 0 Å². The molecular weight excluding hydrogens is 314 g/mol. The largest absolute Gasteiger partial charge is 0.352 e. The minimum absolute atomic E-state index is 0.0845. The molecule has 0 spiro atoms. The number of urea groups is 1. The van der Waals surface area contributed by atoms with Crippen molar-refractivity contribution in [1.29, 1.82) is 0 Å². The highest BCUT2D eigenvalue weighted by Crippen LogP contribution is 2.23. The lowest BCUT2D eigenvalue weighted by Gasteiger charge is -2.25. The molecule has 0 unspecified atom stereocenters. The van der Waals surface area contributed by atoms with Gasteiger partial charge in [0.25, 0.3) is 0 Å². The molecule has 5 heteroatoms. The van der Waals surface area contributed by atoms with Crippen LogP contribution in [0.15, 0.2) is 60.7 Å². The van der Waals surface area contributed by atoms with Crippen LogP contribution in [0, 0.1) is 5.92 Å². The highest BCUT2D eigenvalue weighted by atomic mass is 16.2. The molecule has 0 fully saturated rings. The molecular formula is C20H25N3O2. The zero-order valence-corrected chi connectivity index (χ0v) is 14.6. The summed E-state index contributed by atoms with van der Waals surface area (Å²) in [5.41, 5.74) is 7.17. The standard InChI is InChI=1S/C20H25N3O2/c1-14(2)19(16-11-7-4-8-12-16)23-18(24)13-17(22-20(21)25)15-9-5-3-6-10-15/h3-12,14,17,19H,13H2,1-2H3,(H,23,24)(H3,21,22,25)/t17-,19-/m1/s1. The van der Waals surface area contributed by atoms with Gasteiger partial charge in [0, 0.05) is 0 Å². The van der Waals surface area contributed by atoms with Gasteiger partial charge in [-0.1, -0.05) is 74.5 Å². The van der Waals surface area contributed by atoms with Gasteiger partial charge in [0.15, 0.2) is 0 Å². The maximum absolute atomic E-state index is 12.6. The summed E-state index contributed by atoms with van der Waals surface area (Å²) in [6.45, 7) is 4.13. The number of amides is 3. The molecule has 0 aromatic heterocycles. The van der Waals surface area contributed by atoms with Crippen molar-refractivity contribution in [1.82, 2.24) is 10.6 Å². The zero-order chi connectivity index (χ0) is 18.2. The summed E-state index contributed by atoms with van der Waals surface area (Å²) in [4.78, 5) is 23.9.